The molecule has 2 aromatic rings. The quantitative estimate of drug-likeness (QED) is 0.0667. The molecule has 0 saturated heterocycles. The highest BCUT2D eigenvalue weighted by molar-refractivity contribution is 5.90. The van der Waals surface area contributed by atoms with E-state index in [0.717, 1.165) is 48.0 Å². The maximum absolute atomic E-state index is 12.8. The lowest BCUT2D eigenvalue weighted by Crippen LogP contribution is -2.22. The van der Waals surface area contributed by atoms with E-state index in [4.69, 9.17) is 18.9 Å². The third-order valence-corrected chi connectivity index (χ3v) is 12.4. The van der Waals surface area contributed by atoms with Crippen molar-refractivity contribution in [2.45, 2.75) is 181 Å². The summed E-state index contributed by atoms with van der Waals surface area (Å²) in [5, 5.41) is 0. The van der Waals surface area contributed by atoms with E-state index in [1.165, 1.54) is 141 Å². The zero-order chi connectivity index (χ0) is 38.9. The summed E-state index contributed by atoms with van der Waals surface area (Å²) in [6.45, 7) is 7.66. The summed E-state index contributed by atoms with van der Waals surface area (Å²) in [7, 11) is 0. The molecule has 0 aromatic heterocycles. The first-order valence-electron chi connectivity index (χ1n) is 22.8. The first-order valence-corrected chi connectivity index (χ1v) is 22.8. The maximum Gasteiger partial charge on any atom is 0.338 e. The summed E-state index contributed by atoms with van der Waals surface area (Å²) in [6.07, 6.45) is 31.6. The fourth-order valence-corrected chi connectivity index (χ4v) is 9.12. The number of esters is 2. The van der Waals surface area contributed by atoms with Gasteiger partial charge in [0.1, 0.15) is 24.2 Å². The summed E-state index contributed by atoms with van der Waals surface area (Å²) in [5.41, 5.74) is 0.892. The molecule has 0 amide bonds. The second-order valence-electron chi connectivity index (χ2n) is 16.9. The molecule has 0 heterocycles. The van der Waals surface area contributed by atoms with E-state index in [1.807, 2.05) is 24.3 Å². The topological polar surface area (TPSA) is 71.1 Å². The second kappa shape index (κ2) is 26.8. The minimum Gasteiger partial charge on any atom is -0.494 e. The lowest BCUT2D eigenvalue weighted by Gasteiger charge is -2.31. The van der Waals surface area contributed by atoms with E-state index in [-0.39, 0.29) is 6.61 Å². The highest BCUT2D eigenvalue weighted by Crippen LogP contribution is 2.38. The average Bonchev–Trinajstić information content (AvgIpc) is 3.21. The Balaban J connectivity index is 1.07. The molecule has 0 radical (unpaired) electrons. The van der Waals surface area contributed by atoms with Crippen molar-refractivity contribution in [1.29, 1.82) is 0 Å². The van der Waals surface area contributed by atoms with E-state index < -0.39 is 18.0 Å². The molecule has 308 valence electrons. The predicted octanol–water partition coefficient (Wildman–Crippen LogP) is 13.7. The van der Waals surface area contributed by atoms with E-state index in [2.05, 4.69) is 13.8 Å². The third kappa shape index (κ3) is 17.3. The van der Waals surface area contributed by atoms with Gasteiger partial charge in [-0.25, -0.2) is 9.59 Å². The second-order valence-corrected chi connectivity index (χ2v) is 16.9. The lowest BCUT2D eigenvalue weighted by molar-refractivity contribution is 0.00447. The molecule has 4 rings (SSSR count). The average molecular weight is 761 g/mol. The Hall–Kier alpha value is -3.02. The van der Waals surface area contributed by atoms with Crippen LogP contribution in [0.2, 0.25) is 0 Å². The molecule has 0 aliphatic heterocycles. The Morgan fingerprint density at radius 2 is 0.909 bits per heavy atom. The van der Waals surface area contributed by atoms with Crippen LogP contribution in [-0.2, 0) is 9.47 Å². The van der Waals surface area contributed by atoms with Crippen molar-refractivity contribution in [1.82, 2.24) is 0 Å². The van der Waals surface area contributed by atoms with E-state index in [1.54, 1.807) is 31.2 Å². The molecular formula is C49H76O6. The van der Waals surface area contributed by atoms with Crippen molar-refractivity contribution in [2.24, 2.45) is 23.7 Å². The summed E-state index contributed by atoms with van der Waals surface area (Å²) in [6, 6.07) is 14.3. The fourth-order valence-electron chi connectivity index (χ4n) is 9.12. The van der Waals surface area contributed by atoms with Crippen LogP contribution in [0, 0.1) is 23.7 Å². The number of benzene rings is 2. The van der Waals surface area contributed by atoms with Crippen molar-refractivity contribution in [2.75, 3.05) is 19.8 Å². The molecule has 0 spiro atoms. The van der Waals surface area contributed by atoms with Gasteiger partial charge in [0.05, 0.1) is 24.3 Å². The van der Waals surface area contributed by atoms with Crippen LogP contribution in [-0.4, -0.2) is 37.9 Å². The zero-order valence-electron chi connectivity index (χ0n) is 35.0. The van der Waals surface area contributed by atoms with Gasteiger partial charge in [-0.2, -0.15) is 0 Å². The largest absolute Gasteiger partial charge is 0.494 e. The molecule has 2 saturated carbocycles. The van der Waals surface area contributed by atoms with Crippen molar-refractivity contribution in [3.63, 3.8) is 0 Å². The molecule has 55 heavy (non-hydrogen) atoms. The molecule has 6 nitrogen and oxygen atoms in total. The molecule has 0 bridgehead atoms. The molecule has 6 heteroatoms. The van der Waals surface area contributed by atoms with Gasteiger partial charge in [-0.3, -0.25) is 0 Å². The molecule has 2 aromatic carbocycles. The van der Waals surface area contributed by atoms with Gasteiger partial charge in [-0.15, -0.1) is 0 Å². The zero-order valence-corrected chi connectivity index (χ0v) is 35.0. The first kappa shape index (κ1) is 44.7. The lowest BCUT2D eigenvalue weighted by atomic mass is 9.74. The summed E-state index contributed by atoms with van der Waals surface area (Å²) in [5.74, 6) is 4.11. The van der Waals surface area contributed by atoms with Crippen LogP contribution in [0.25, 0.3) is 0 Å². The van der Waals surface area contributed by atoms with Gasteiger partial charge in [0.25, 0.3) is 0 Å². The van der Waals surface area contributed by atoms with E-state index in [9.17, 15) is 9.59 Å². The van der Waals surface area contributed by atoms with E-state index in [0.29, 0.717) is 24.3 Å². The number of hydrogen-bond donors (Lipinski definition) is 0. The minimum absolute atomic E-state index is 0.0222. The van der Waals surface area contributed by atoms with Crippen LogP contribution >= 0.6 is 0 Å². The highest BCUT2D eigenvalue weighted by Gasteiger charge is 2.25. The molecule has 2 aliphatic carbocycles. The highest BCUT2D eigenvalue weighted by atomic mass is 16.6. The Kier molecular flexibility index (Phi) is 21.7. The van der Waals surface area contributed by atoms with Crippen LogP contribution in [0.4, 0.5) is 0 Å². The van der Waals surface area contributed by atoms with Crippen LogP contribution in [0.15, 0.2) is 48.5 Å². The number of hydrogen-bond acceptors (Lipinski definition) is 6. The Morgan fingerprint density at radius 3 is 1.33 bits per heavy atom. The van der Waals surface area contributed by atoms with Gasteiger partial charge in [0.2, 0.25) is 0 Å². The monoisotopic (exact) mass is 761 g/mol. The molecule has 2 aliphatic rings. The number of carbonyl (C=O) groups excluding carboxylic acids is 2. The van der Waals surface area contributed by atoms with Crippen LogP contribution in [0.5, 0.6) is 11.5 Å². The predicted molar refractivity (Wildman–Crippen MR) is 225 cm³/mol. The van der Waals surface area contributed by atoms with Crippen molar-refractivity contribution in [3.8, 4) is 11.5 Å². The van der Waals surface area contributed by atoms with Crippen LogP contribution in [0.1, 0.15) is 196 Å². The number of rotatable bonds is 27. The van der Waals surface area contributed by atoms with Gasteiger partial charge < -0.3 is 18.9 Å². The molecule has 4 unspecified atom stereocenters. The van der Waals surface area contributed by atoms with Gasteiger partial charge in [0.15, 0.2) is 0 Å². The van der Waals surface area contributed by atoms with Gasteiger partial charge >= 0.3 is 11.9 Å². The molecule has 5 atom stereocenters. The molecule has 0 N–H and O–H groups in total. The number of ether oxygens (including phenoxy) is 4. The standard InChI is InChI=1S/C49H76O6/c1-4-6-8-10-12-20-40-22-14-16-24-42(40)26-18-36-52-46-32-28-44(29-33-46)48(50)54-38-39(3)55-49(51)45-30-34-47(35-31-45)53-37-19-27-43-25-17-15-23-41(43)21-13-11-9-7-5-2/h28-35,39-43H,4-27,36-38H2,1-3H3/t39-,40?,41?,42?,43?/m1/s1. The minimum atomic E-state index is -0.584. The SMILES string of the molecule is CCCCCCCC1CCCCC1CCCOc1ccc(C(=O)OC[C@@H](C)OC(=O)c2ccc(OCCCC3CCCCC3CCCCCCC)cc2)cc1. The fraction of sp³-hybridized carbons (Fsp3) is 0.714. The molecular weight excluding hydrogens is 685 g/mol. The van der Waals surface area contributed by atoms with Crippen LogP contribution in [0.3, 0.4) is 0 Å². The Bertz CT molecular complexity index is 1310. The summed E-state index contributed by atoms with van der Waals surface area (Å²) >= 11 is 0. The van der Waals surface area contributed by atoms with Crippen molar-refractivity contribution in [3.05, 3.63) is 59.7 Å². The normalized spacial score (nSPS) is 20.4. The summed E-state index contributed by atoms with van der Waals surface area (Å²) < 4.78 is 23.1. The van der Waals surface area contributed by atoms with Gasteiger partial charge in [-0.1, -0.05) is 142 Å². The van der Waals surface area contributed by atoms with Crippen LogP contribution < -0.4 is 9.47 Å². The van der Waals surface area contributed by atoms with Gasteiger partial charge in [-0.05, 0) is 105 Å². The summed E-state index contributed by atoms with van der Waals surface area (Å²) in [4.78, 5) is 25.5. The van der Waals surface area contributed by atoms with E-state index >= 15 is 0 Å². The Morgan fingerprint density at radius 1 is 0.527 bits per heavy atom. The van der Waals surface area contributed by atoms with Gasteiger partial charge in [0, 0.05) is 0 Å². The molecule has 2 fully saturated rings. The smallest absolute Gasteiger partial charge is 0.338 e. The van der Waals surface area contributed by atoms with Crippen molar-refractivity contribution < 1.29 is 28.5 Å². The maximum atomic E-state index is 12.8. The number of unbranched alkanes of at least 4 members (excludes halogenated alkanes) is 8. The Labute approximate surface area is 335 Å². The first-order chi connectivity index (χ1) is 27.0. The third-order valence-electron chi connectivity index (χ3n) is 12.4. The van der Waals surface area contributed by atoms with Crippen molar-refractivity contribution >= 4 is 11.9 Å². The number of carbonyl (C=O) groups is 2.